The Morgan fingerprint density at radius 3 is 2.21 bits per heavy atom. The molecule has 0 aromatic heterocycles. The van der Waals surface area contributed by atoms with E-state index in [9.17, 15) is 27.6 Å². The van der Waals surface area contributed by atoms with Gasteiger partial charge >= 0.3 is 6.18 Å². The smallest absolute Gasteiger partial charge is 0.350 e. The number of carbonyl (C=O) groups excluding carboxylic acids is 3. The molecule has 1 heterocycles. The molecule has 1 atom stereocenters. The summed E-state index contributed by atoms with van der Waals surface area (Å²) in [4.78, 5) is 42.3. The van der Waals surface area contributed by atoms with Gasteiger partial charge in [0.25, 0.3) is 11.8 Å². The predicted molar refractivity (Wildman–Crippen MR) is 178 cm³/mol. The molecule has 2 N–H and O–H groups in total. The molecule has 0 saturated carbocycles. The lowest BCUT2D eigenvalue weighted by atomic mass is 9.97. The topological polar surface area (TPSA) is 78.5 Å². The molecule has 5 aromatic carbocycles. The molecule has 9 heteroatoms. The summed E-state index contributed by atoms with van der Waals surface area (Å²) in [6.07, 6.45) is -3.96. The molecule has 1 aliphatic rings. The first-order chi connectivity index (χ1) is 23.1. The van der Waals surface area contributed by atoms with Gasteiger partial charge in [0.2, 0.25) is 5.91 Å². The van der Waals surface area contributed by atoms with Crippen LogP contribution in [0.4, 0.5) is 18.9 Å². The Hall–Kier alpha value is -5.70. The number of benzene rings is 5. The van der Waals surface area contributed by atoms with E-state index in [4.69, 9.17) is 0 Å². The molecular formula is C39H32F3N3O3. The molecule has 0 unspecified atom stereocenters. The summed E-state index contributed by atoms with van der Waals surface area (Å²) >= 11 is 0. The van der Waals surface area contributed by atoms with Crippen molar-refractivity contribution in [3.63, 3.8) is 0 Å². The summed E-state index contributed by atoms with van der Waals surface area (Å²) in [7, 11) is 0. The molecule has 242 valence electrons. The first-order valence-corrected chi connectivity index (χ1v) is 15.5. The quantitative estimate of drug-likeness (QED) is 0.182. The highest BCUT2D eigenvalue weighted by Crippen LogP contribution is 2.35. The maximum atomic E-state index is 13.8. The van der Waals surface area contributed by atoms with Gasteiger partial charge in [0.05, 0.1) is 5.56 Å². The molecule has 0 saturated heterocycles. The second-order valence-corrected chi connectivity index (χ2v) is 11.7. The third-order valence-corrected chi connectivity index (χ3v) is 8.42. The van der Waals surface area contributed by atoms with Crippen molar-refractivity contribution < 1.29 is 27.6 Å². The second kappa shape index (κ2) is 13.6. The Morgan fingerprint density at radius 2 is 1.50 bits per heavy atom. The molecule has 48 heavy (non-hydrogen) atoms. The van der Waals surface area contributed by atoms with E-state index >= 15 is 0 Å². The second-order valence-electron chi connectivity index (χ2n) is 11.7. The number of amides is 3. The van der Waals surface area contributed by atoms with E-state index in [1.807, 2.05) is 37.3 Å². The van der Waals surface area contributed by atoms with Gasteiger partial charge in [-0.2, -0.15) is 13.2 Å². The Labute approximate surface area is 276 Å². The van der Waals surface area contributed by atoms with Crippen LogP contribution in [0.3, 0.4) is 0 Å². The SMILES string of the molecule is Cc1ccc(CNC(=O)[C@@H](NC(=O)c2ccc3c(c2)CCN3C(=O)c2ccccc2-c2ccc(C(F)(F)F)cc2)c2ccccc2)cc1. The zero-order valence-electron chi connectivity index (χ0n) is 26.1. The van der Waals surface area contributed by atoms with Gasteiger partial charge in [-0.05, 0) is 77.6 Å². The highest BCUT2D eigenvalue weighted by Gasteiger charge is 2.31. The van der Waals surface area contributed by atoms with Gasteiger partial charge in [0, 0.05) is 29.9 Å². The molecule has 0 fully saturated rings. The Balaban J connectivity index is 1.19. The zero-order valence-corrected chi connectivity index (χ0v) is 26.1. The molecule has 0 spiro atoms. The molecule has 0 bridgehead atoms. The molecule has 0 aliphatic carbocycles. The van der Waals surface area contributed by atoms with E-state index in [0.29, 0.717) is 53.0 Å². The average Bonchev–Trinajstić information content (AvgIpc) is 3.53. The van der Waals surface area contributed by atoms with E-state index < -0.39 is 23.7 Å². The number of rotatable bonds is 8. The highest BCUT2D eigenvalue weighted by molar-refractivity contribution is 6.11. The van der Waals surface area contributed by atoms with Crippen LogP contribution >= 0.6 is 0 Å². The van der Waals surface area contributed by atoms with Crippen LogP contribution in [0, 0.1) is 6.92 Å². The van der Waals surface area contributed by atoms with Crippen molar-refractivity contribution in [2.75, 3.05) is 11.4 Å². The molecule has 5 aromatic rings. The van der Waals surface area contributed by atoms with Crippen LogP contribution in [0.5, 0.6) is 0 Å². The van der Waals surface area contributed by atoms with Gasteiger partial charge in [-0.15, -0.1) is 0 Å². The summed E-state index contributed by atoms with van der Waals surface area (Å²) in [6, 6.07) is 32.5. The number of fused-ring (bicyclic) bond motifs is 1. The average molecular weight is 648 g/mol. The number of nitrogens with one attached hydrogen (secondary N) is 2. The van der Waals surface area contributed by atoms with Crippen LogP contribution in [-0.4, -0.2) is 24.3 Å². The third kappa shape index (κ3) is 7.00. The van der Waals surface area contributed by atoms with Crippen LogP contribution < -0.4 is 15.5 Å². The number of anilines is 1. The highest BCUT2D eigenvalue weighted by atomic mass is 19.4. The van der Waals surface area contributed by atoms with Crippen molar-refractivity contribution >= 4 is 23.4 Å². The molecule has 6 rings (SSSR count). The number of aryl methyl sites for hydroxylation is 1. The monoisotopic (exact) mass is 647 g/mol. The Morgan fingerprint density at radius 1 is 0.812 bits per heavy atom. The number of nitrogens with zero attached hydrogens (tertiary/aromatic N) is 1. The number of alkyl halides is 3. The van der Waals surface area contributed by atoms with Crippen molar-refractivity contribution in [3.8, 4) is 11.1 Å². The number of hydrogen-bond acceptors (Lipinski definition) is 3. The fraction of sp³-hybridized carbons (Fsp3) is 0.154. The number of halogens is 3. The minimum atomic E-state index is -4.46. The standard InChI is InChI=1S/C39H32F3N3O3/c1-25-11-13-26(14-12-25)24-43-37(47)35(28-7-3-2-4-8-28)44-36(46)30-17-20-34-29(23-30)21-22-45(34)38(48)33-10-6-5-9-32(33)27-15-18-31(19-16-27)39(40,41)42/h2-20,23,35H,21-22,24H2,1H3,(H,43,47)(H,44,46)/t35-/m0/s1. The van der Waals surface area contributed by atoms with Crippen LogP contribution in [0.25, 0.3) is 11.1 Å². The van der Waals surface area contributed by atoms with Gasteiger partial charge in [0.1, 0.15) is 6.04 Å². The first kappa shape index (κ1) is 32.2. The maximum Gasteiger partial charge on any atom is 0.416 e. The van der Waals surface area contributed by atoms with Crippen molar-refractivity contribution in [2.45, 2.75) is 32.1 Å². The van der Waals surface area contributed by atoms with Crippen molar-refractivity contribution in [3.05, 3.63) is 160 Å². The fourth-order valence-electron chi connectivity index (χ4n) is 5.82. The normalized spacial score (nSPS) is 13.0. The van der Waals surface area contributed by atoms with Gasteiger partial charge in [-0.1, -0.05) is 90.5 Å². The molecule has 6 nitrogen and oxygen atoms in total. The molecule has 0 radical (unpaired) electrons. The number of carbonyl (C=O) groups is 3. The van der Waals surface area contributed by atoms with Crippen LogP contribution in [0.2, 0.25) is 0 Å². The third-order valence-electron chi connectivity index (χ3n) is 8.42. The van der Waals surface area contributed by atoms with Gasteiger partial charge in [0.15, 0.2) is 0 Å². The maximum absolute atomic E-state index is 13.8. The molecular weight excluding hydrogens is 615 g/mol. The fourth-order valence-corrected chi connectivity index (χ4v) is 5.82. The largest absolute Gasteiger partial charge is 0.416 e. The lowest BCUT2D eigenvalue weighted by Gasteiger charge is -2.21. The Kier molecular flexibility index (Phi) is 9.12. The van der Waals surface area contributed by atoms with E-state index in [-0.39, 0.29) is 11.8 Å². The zero-order chi connectivity index (χ0) is 33.8. The van der Waals surface area contributed by atoms with Crippen molar-refractivity contribution in [1.29, 1.82) is 0 Å². The van der Waals surface area contributed by atoms with Gasteiger partial charge < -0.3 is 15.5 Å². The number of hydrogen-bond donors (Lipinski definition) is 2. The predicted octanol–water partition coefficient (Wildman–Crippen LogP) is 7.67. The minimum absolute atomic E-state index is 0.296. The summed E-state index contributed by atoms with van der Waals surface area (Å²) in [5.74, 6) is -1.08. The van der Waals surface area contributed by atoms with Crippen LogP contribution in [-0.2, 0) is 23.9 Å². The first-order valence-electron chi connectivity index (χ1n) is 15.5. The van der Waals surface area contributed by atoms with Crippen molar-refractivity contribution in [2.24, 2.45) is 0 Å². The van der Waals surface area contributed by atoms with E-state index in [1.54, 1.807) is 71.6 Å². The van der Waals surface area contributed by atoms with Gasteiger partial charge in [-0.3, -0.25) is 14.4 Å². The summed E-state index contributed by atoms with van der Waals surface area (Å²) in [5.41, 5.74) is 5.09. The lowest BCUT2D eigenvalue weighted by molar-refractivity contribution is -0.137. The summed E-state index contributed by atoms with van der Waals surface area (Å²) in [6.45, 7) is 2.67. The molecule has 3 amide bonds. The lowest BCUT2D eigenvalue weighted by Crippen LogP contribution is -2.40. The Bertz CT molecular complexity index is 1960. The van der Waals surface area contributed by atoms with E-state index in [2.05, 4.69) is 10.6 Å². The van der Waals surface area contributed by atoms with E-state index in [1.165, 1.54) is 12.1 Å². The van der Waals surface area contributed by atoms with E-state index in [0.717, 1.165) is 28.8 Å². The van der Waals surface area contributed by atoms with Crippen LogP contribution in [0.1, 0.15) is 54.6 Å². The molecule has 1 aliphatic heterocycles. The minimum Gasteiger partial charge on any atom is -0.350 e. The van der Waals surface area contributed by atoms with Crippen LogP contribution in [0.15, 0.2) is 121 Å². The summed E-state index contributed by atoms with van der Waals surface area (Å²) in [5, 5.41) is 5.81. The van der Waals surface area contributed by atoms with Crippen molar-refractivity contribution in [1.82, 2.24) is 10.6 Å². The summed E-state index contributed by atoms with van der Waals surface area (Å²) < 4.78 is 39.4. The van der Waals surface area contributed by atoms with Gasteiger partial charge in [-0.25, -0.2) is 0 Å².